The number of nitrogens with zero attached hydrogens (tertiary/aromatic N) is 1. The molecule has 1 N–H and O–H groups in total. The number of carbonyl (C=O) groups is 4. The zero-order valence-corrected chi connectivity index (χ0v) is 16.4. The Morgan fingerprint density at radius 2 is 1.72 bits per heavy atom. The first-order chi connectivity index (χ1) is 13.9. The number of hydrogen-bond donors (Lipinski definition) is 1. The lowest BCUT2D eigenvalue weighted by molar-refractivity contribution is -0.155. The summed E-state index contributed by atoms with van der Waals surface area (Å²) in [5.74, 6) is -2.38. The van der Waals surface area contributed by atoms with E-state index < -0.39 is 18.0 Å². The minimum absolute atomic E-state index is 0.0204. The molecule has 29 heavy (non-hydrogen) atoms. The quantitative estimate of drug-likeness (QED) is 0.554. The fourth-order valence-electron chi connectivity index (χ4n) is 3.90. The van der Waals surface area contributed by atoms with Gasteiger partial charge in [0.1, 0.15) is 5.82 Å². The Morgan fingerprint density at radius 1 is 1.14 bits per heavy atom. The molecule has 3 amide bonds. The Bertz CT molecular complexity index is 771. The van der Waals surface area contributed by atoms with Crippen LogP contribution < -0.4 is 5.32 Å². The van der Waals surface area contributed by atoms with Crippen molar-refractivity contribution in [2.45, 2.75) is 51.7 Å². The predicted octanol–water partition coefficient (Wildman–Crippen LogP) is 1.94. The molecule has 3 rings (SSSR count). The Balaban J connectivity index is 1.42. The Hall–Kier alpha value is -2.77. The van der Waals surface area contributed by atoms with Gasteiger partial charge in [0.15, 0.2) is 6.10 Å². The van der Waals surface area contributed by atoms with Gasteiger partial charge in [-0.3, -0.25) is 24.1 Å². The lowest BCUT2D eigenvalue weighted by Gasteiger charge is -2.19. The molecule has 0 radical (unpaired) electrons. The fourth-order valence-corrected chi connectivity index (χ4v) is 3.90. The van der Waals surface area contributed by atoms with E-state index in [0.29, 0.717) is 5.56 Å². The number of nitrogens with one attached hydrogen (secondary N) is 1. The first kappa shape index (κ1) is 21.0. The first-order valence-electron chi connectivity index (χ1n) is 9.93. The molecule has 156 valence electrons. The van der Waals surface area contributed by atoms with E-state index in [1.807, 2.05) is 0 Å². The third-order valence-corrected chi connectivity index (χ3v) is 5.53. The van der Waals surface area contributed by atoms with Crippen molar-refractivity contribution in [2.24, 2.45) is 11.8 Å². The van der Waals surface area contributed by atoms with E-state index in [-0.39, 0.29) is 49.0 Å². The monoisotopic (exact) mass is 404 g/mol. The summed E-state index contributed by atoms with van der Waals surface area (Å²) in [6.07, 6.45) is 2.17. The maximum atomic E-state index is 12.9. The van der Waals surface area contributed by atoms with Crippen LogP contribution in [0, 0.1) is 17.7 Å². The van der Waals surface area contributed by atoms with Crippen molar-refractivity contribution in [1.29, 1.82) is 0 Å². The highest BCUT2D eigenvalue weighted by Crippen LogP contribution is 2.37. The van der Waals surface area contributed by atoms with Crippen LogP contribution in [-0.2, 0) is 30.5 Å². The molecule has 2 fully saturated rings. The van der Waals surface area contributed by atoms with Crippen LogP contribution in [0.1, 0.15) is 44.6 Å². The van der Waals surface area contributed by atoms with Gasteiger partial charge in [0, 0.05) is 13.1 Å². The number of halogens is 1. The number of carbonyl (C=O) groups excluding carboxylic acids is 4. The van der Waals surface area contributed by atoms with Crippen LogP contribution >= 0.6 is 0 Å². The van der Waals surface area contributed by atoms with Gasteiger partial charge < -0.3 is 10.1 Å². The van der Waals surface area contributed by atoms with Crippen LogP contribution in [0.15, 0.2) is 24.3 Å². The third-order valence-electron chi connectivity index (χ3n) is 5.53. The molecule has 7 nitrogen and oxygen atoms in total. The normalized spacial score (nSPS) is 22.2. The van der Waals surface area contributed by atoms with Crippen LogP contribution in [0.4, 0.5) is 4.39 Å². The second-order valence-electron chi connectivity index (χ2n) is 7.55. The molecule has 0 bridgehead atoms. The van der Waals surface area contributed by atoms with Gasteiger partial charge in [-0.25, -0.2) is 4.39 Å². The maximum absolute atomic E-state index is 12.9. The maximum Gasteiger partial charge on any atom is 0.308 e. The van der Waals surface area contributed by atoms with Gasteiger partial charge in [-0.2, -0.15) is 0 Å². The van der Waals surface area contributed by atoms with E-state index in [4.69, 9.17) is 4.74 Å². The van der Waals surface area contributed by atoms with Gasteiger partial charge in [0.05, 0.1) is 18.3 Å². The molecule has 1 aliphatic carbocycles. The average molecular weight is 404 g/mol. The predicted molar refractivity (Wildman–Crippen MR) is 101 cm³/mol. The summed E-state index contributed by atoms with van der Waals surface area (Å²) in [6.45, 7) is 1.60. The van der Waals surface area contributed by atoms with Crippen LogP contribution in [0.5, 0.6) is 0 Å². The molecule has 1 saturated carbocycles. The van der Waals surface area contributed by atoms with Crippen molar-refractivity contribution in [3.8, 4) is 0 Å². The summed E-state index contributed by atoms with van der Waals surface area (Å²) < 4.78 is 18.0. The molecule has 3 atom stereocenters. The lowest BCUT2D eigenvalue weighted by Crippen LogP contribution is -2.37. The summed E-state index contributed by atoms with van der Waals surface area (Å²) in [5.41, 5.74) is 0.714. The Kier molecular flexibility index (Phi) is 6.61. The number of esters is 1. The number of rotatable bonds is 7. The van der Waals surface area contributed by atoms with Crippen LogP contribution in [0.25, 0.3) is 0 Å². The number of hydrogen-bond acceptors (Lipinski definition) is 5. The highest BCUT2D eigenvalue weighted by atomic mass is 19.1. The molecule has 0 unspecified atom stereocenters. The second-order valence-corrected chi connectivity index (χ2v) is 7.55. The molecule has 1 aliphatic heterocycles. The highest BCUT2D eigenvalue weighted by molar-refractivity contribution is 6.05. The van der Waals surface area contributed by atoms with Crippen molar-refractivity contribution in [3.05, 3.63) is 35.6 Å². The van der Waals surface area contributed by atoms with E-state index in [1.54, 1.807) is 12.1 Å². The van der Waals surface area contributed by atoms with E-state index in [9.17, 15) is 23.6 Å². The zero-order chi connectivity index (χ0) is 21.0. The molecule has 8 heteroatoms. The van der Waals surface area contributed by atoms with Crippen LogP contribution in [0.2, 0.25) is 0 Å². The number of likely N-dealkylation sites (tertiary alicyclic amines) is 1. The van der Waals surface area contributed by atoms with Crippen molar-refractivity contribution in [1.82, 2.24) is 10.2 Å². The highest BCUT2D eigenvalue weighted by Gasteiger charge is 2.47. The number of benzene rings is 1. The van der Waals surface area contributed by atoms with Crippen molar-refractivity contribution < 1.29 is 28.3 Å². The fraction of sp³-hybridized carbons (Fsp3) is 0.524. The average Bonchev–Trinajstić information content (AvgIpc) is 2.96. The van der Waals surface area contributed by atoms with Crippen LogP contribution in [0.3, 0.4) is 0 Å². The number of fused-ring (bicyclic) bond motifs is 1. The van der Waals surface area contributed by atoms with Crippen molar-refractivity contribution in [3.63, 3.8) is 0 Å². The van der Waals surface area contributed by atoms with Crippen LogP contribution in [-0.4, -0.2) is 41.2 Å². The van der Waals surface area contributed by atoms with Crippen molar-refractivity contribution in [2.75, 3.05) is 6.54 Å². The number of amides is 3. The third kappa shape index (κ3) is 4.99. The molecule has 1 aromatic carbocycles. The number of ether oxygens (including phenoxy) is 1. The largest absolute Gasteiger partial charge is 0.452 e. The summed E-state index contributed by atoms with van der Waals surface area (Å²) in [4.78, 5) is 50.1. The molecule has 2 aliphatic rings. The summed E-state index contributed by atoms with van der Waals surface area (Å²) in [7, 11) is 0. The minimum atomic E-state index is -1.02. The molecule has 0 aromatic heterocycles. The summed E-state index contributed by atoms with van der Waals surface area (Å²) >= 11 is 0. The van der Waals surface area contributed by atoms with Gasteiger partial charge in [-0.05, 0) is 37.5 Å². The van der Waals surface area contributed by atoms with E-state index in [2.05, 4.69) is 5.32 Å². The van der Waals surface area contributed by atoms with Gasteiger partial charge in [-0.15, -0.1) is 0 Å². The Morgan fingerprint density at radius 3 is 2.31 bits per heavy atom. The molecule has 1 saturated heterocycles. The van der Waals surface area contributed by atoms with E-state index >= 15 is 0 Å². The lowest BCUT2D eigenvalue weighted by atomic mass is 9.81. The molecular weight excluding hydrogens is 379 g/mol. The zero-order valence-electron chi connectivity index (χ0n) is 16.4. The standard InChI is InChI=1S/C21H25FN2O5/c1-13(19(26)23-12-14-6-8-15(22)9-7-14)29-18(25)10-11-24-20(27)16-4-2-3-5-17(16)21(24)28/h6-9,13,16-17H,2-5,10-12H2,1H3,(H,23,26)/t13-,16-,17+/m1/s1. The number of imide groups is 1. The SMILES string of the molecule is C[C@@H](OC(=O)CCN1C(=O)[C@H]2CCCC[C@H]2C1=O)C(=O)NCc1ccc(F)cc1. The second kappa shape index (κ2) is 9.15. The molecular formula is C21H25FN2O5. The van der Waals surface area contributed by atoms with Gasteiger partial charge in [-0.1, -0.05) is 25.0 Å². The van der Waals surface area contributed by atoms with E-state index in [1.165, 1.54) is 24.0 Å². The van der Waals surface area contributed by atoms with Gasteiger partial charge >= 0.3 is 5.97 Å². The molecule has 0 spiro atoms. The van der Waals surface area contributed by atoms with Gasteiger partial charge in [0.2, 0.25) is 11.8 Å². The van der Waals surface area contributed by atoms with E-state index in [0.717, 1.165) is 25.7 Å². The Labute approximate surface area is 168 Å². The smallest absolute Gasteiger partial charge is 0.308 e. The topological polar surface area (TPSA) is 92.8 Å². The molecule has 1 heterocycles. The first-order valence-corrected chi connectivity index (χ1v) is 9.93. The minimum Gasteiger partial charge on any atom is -0.452 e. The van der Waals surface area contributed by atoms with Gasteiger partial charge in [0.25, 0.3) is 5.91 Å². The summed E-state index contributed by atoms with van der Waals surface area (Å²) in [5, 5.41) is 2.61. The molecule has 1 aromatic rings. The summed E-state index contributed by atoms with van der Waals surface area (Å²) in [6, 6.07) is 5.69. The van der Waals surface area contributed by atoms with Crippen molar-refractivity contribution >= 4 is 23.7 Å².